The molecule has 1 saturated heterocycles. The number of anilines is 1. The lowest BCUT2D eigenvalue weighted by Gasteiger charge is -2.16. The molecule has 1 aliphatic heterocycles. The van der Waals surface area contributed by atoms with Crippen LogP contribution in [0.5, 0.6) is 6.01 Å². The van der Waals surface area contributed by atoms with Gasteiger partial charge in [0.25, 0.3) is 0 Å². The van der Waals surface area contributed by atoms with Gasteiger partial charge in [-0.2, -0.15) is 9.97 Å². The molecule has 130 valence electrons. The van der Waals surface area contributed by atoms with Crippen molar-refractivity contribution in [2.75, 3.05) is 18.9 Å². The second-order valence-corrected chi connectivity index (χ2v) is 5.13. The highest BCUT2D eigenvalue weighted by molar-refractivity contribution is 5.82. The normalized spacial score (nSPS) is 26.8. The van der Waals surface area contributed by atoms with E-state index in [0.717, 1.165) is 0 Å². The number of hydrogen-bond acceptors (Lipinski definition) is 10. The molecule has 3 rings (SSSR count). The first kappa shape index (κ1) is 16.3. The molecule has 1 aliphatic rings. The second kappa shape index (κ2) is 6.16. The Bertz CT molecular complexity index is 766. The van der Waals surface area contributed by atoms with E-state index in [1.54, 1.807) is 0 Å². The van der Waals surface area contributed by atoms with Crippen LogP contribution in [0.4, 0.5) is 5.82 Å². The Morgan fingerprint density at radius 2 is 2.12 bits per heavy atom. The van der Waals surface area contributed by atoms with E-state index in [9.17, 15) is 15.0 Å². The van der Waals surface area contributed by atoms with Crippen LogP contribution in [-0.2, 0) is 9.53 Å². The largest absolute Gasteiger partial charge is 0.479 e. The highest BCUT2D eigenvalue weighted by Gasteiger charge is 2.44. The Kier molecular flexibility index (Phi) is 4.19. The van der Waals surface area contributed by atoms with E-state index >= 15 is 0 Å². The lowest BCUT2D eigenvalue weighted by atomic mass is 10.1. The molecule has 0 amide bonds. The summed E-state index contributed by atoms with van der Waals surface area (Å²) in [6, 6.07) is -0.282. The minimum atomic E-state index is -1.33. The molecule has 0 saturated carbocycles. The molecule has 12 nitrogen and oxygen atoms in total. The first-order valence-electron chi connectivity index (χ1n) is 6.89. The maximum atomic E-state index is 10.6. The predicted molar refractivity (Wildman–Crippen MR) is 75.9 cm³/mol. The monoisotopic (exact) mass is 341 g/mol. The number of nitrogen functional groups attached to an aromatic ring is 1. The lowest BCUT2D eigenvalue weighted by Crippen LogP contribution is -2.33. The van der Waals surface area contributed by atoms with E-state index in [0.29, 0.717) is 0 Å². The summed E-state index contributed by atoms with van der Waals surface area (Å²) in [5, 5.41) is 37.7. The summed E-state index contributed by atoms with van der Waals surface area (Å²) in [4.78, 5) is 22.4. The van der Waals surface area contributed by atoms with Crippen LogP contribution in [-0.4, -0.2) is 77.4 Å². The van der Waals surface area contributed by atoms with Crippen LogP contribution in [0.3, 0.4) is 0 Å². The smallest absolute Gasteiger partial charge is 0.341 e. The van der Waals surface area contributed by atoms with Crippen molar-refractivity contribution in [1.82, 2.24) is 19.5 Å². The van der Waals surface area contributed by atoms with Crippen molar-refractivity contribution in [2.24, 2.45) is 0 Å². The van der Waals surface area contributed by atoms with Gasteiger partial charge in [0.15, 0.2) is 29.8 Å². The summed E-state index contributed by atoms with van der Waals surface area (Å²) in [6.07, 6.45) is -3.39. The van der Waals surface area contributed by atoms with Gasteiger partial charge in [-0.1, -0.05) is 0 Å². The molecule has 2 aromatic heterocycles. The van der Waals surface area contributed by atoms with Crippen LogP contribution in [0, 0.1) is 0 Å². The molecule has 24 heavy (non-hydrogen) atoms. The number of carboxylic acid groups (broad SMARTS) is 1. The molecule has 0 spiro atoms. The van der Waals surface area contributed by atoms with Crippen LogP contribution >= 0.6 is 0 Å². The van der Waals surface area contributed by atoms with Gasteiger partial charge < -0.3 is 35.6 Å². The Morgan fingerprint density at radius 3 is 2.75 bits per heavy atom. The van der Waals surface area contributed by atoms with Gasteiger partial charge in [-0.3, -0.25) is 4.57 Å². The molecule has 2 aromatic rings. The van der Waals surface area contributed by atoms with E-state index in [4.69, 9.17) is 25.4 Å². The van der Waals surface area contributed by atoms with Gasteiger partial charge in [-0.05, 0) is 0 Å². The predicted octanol–water partition coefficient (Wildman–Crippen LogP) is -2.52. The number of carbonyl (C=O) groups is 1. The van der Waals surface area contributed by atoms with Gasteiger partial charge in [0.2, 0.25) is 0 Å². The summed E-state index contributed by atoms with van der Waals surface area (Å²) in [7, 11) is 0. The number of rotatable bonds is 5. The van der Waals surface area contributed by atoms with Crippen molar-refractivity contribution < 1.29 is 34.7 Å². The molecule has 4 unspecified atom stereocenters. The van der Waals surface area contributed by atoms with E-state index < -0.39 is 43.7 Å². The second-order valence-electron chi connectivity index (χ2n) is 5.13. The number of carboxylic acids is 1. The Balaban J connectivity index is 1.98. The molecular weight excluding hydrogens is 326 g/mol. The fourth-order valence-corrected chi connectivity index (χ4v) is 2.40. The maximum absolute atomic E-state index is 10.6. The molecule has 3 heterocycles. The van der Waals surface area contributed by atoms with Crippen LogP contribution in [0.15, 0.2) is 6.33 Å². The third-order valence-electron chi connectivity index (χ3n) is 3.54. The molecule has 0 radical (unpaired) electrons. The van der Waals surface area contributed by atoms with Crippen molar-refractivity contribution in [1.29, 1.82) is 0 Å². The Hall–Kier alpha value is -2.54. The topological polar surface area (TPSA) is 186 Å². The number of nitrogens with zero attached hydrogens (tertiary/aromatic N) is 4. The van der Waals surface area contributed by atoms with Crippen molar-refractivity contribution >= 4 is 23.0 Å². The number of aliphatic hydroxyl groups excluding tert-OH is 3. The van der Waals surface area contributed by atoms with Gasteiger partial charge in [0.05, 0.1) is 12.9 Å². The average Bonchev–Trinajstić information content (AvgIpc) is 3.08. The van der Waals surface area contributed by atoms with Crippen molar-refractivity contribution in [2.45, 2.75) is 24.5 Å². The highest BCUT2D eigenvalue weighted by Crippen LogP contribution is 2.32. The lowest BCUT2D eigenvalue weighted by molar-refractivity contribution is -0.139. The molecule has 0 bridgehead atoms. The average molecular weight is 341 g/mol. The van der Waals surface area contributed by atoms with Crippen LogP contribution in [0.25, 0.3) is 11.2 Å². The number of ether oxygens (including phenoxy) is 2. The molecule has 6 N–H and O–H groups in total. The number of aromatic nitrogens is 4. The molecule has 0 aliphatic carbocycles. The van der Waals surface area contributed by atoms with E-state index in [-0.39, 0.29) is 23.0 Å². The summed E-state index contributed by atoms with van der Waals surface area (Å²) in [6.45, 7) is -1.14. The molecule has 1 fully saturated rings. The number of fused-ring (bicyclic) bond motifs is 1. The fourth-order valence-electron chi connectivity index (χ4n) is 2.40. The summed E-state index contributed by atoms with van der Waals surface area (Å²) < 4.78 is 11.6. The van der Waals surface area contributed by atoms with E-state index in [1.165, 1.54) is 10.9 Å². The highest BCUT2D eigenvalue weighted by atomic mass is 16.6. The maximum Gasteiger partial charge on any atom is 0.341 e. The molecule has 4 atom stereocenters. The van der Waals surface area contributed by atoms with Gasteiger partial charge in [0.1, 0.15) is 18.3 Å². The Morgan fingerprint density at radius 1 is 1.38 bits per heavy atom. The van der Waals surface area contributed by atoms with Gasteiger partial charge in [0, 0.05) is 0 Å². The zero-order chi connectivity index (χ0) is 17.4. The number of nitrogens with two attached hydrogens (primary N) is 1. The Labute approximate surface area is 134 Å². The summed E-state index contributed by atoms with van der Waals surface area (Å²) in [5.41, 5.74) is 6.06. The standard InChI is InChI=1S/C12H15N5O7/c13-9-6-10(16-12(15-9)23-2-5(19)20)17(3-14-6)11-8(22)7(21)4(1-18)24-11/h3-4,7-8,11,18,21-22H,1-2H2,(H,19,20)(H2,13,15,16). The number of hydrogen-bond donors (Lipinski definition) is 5. The van der Waals surface area contributed by atoms with Gasteiger partial charge in [-0.15, -0.1) is 0 Å². The van der Waals surface area contributed by atoms with Crippen molar-refractivity contribution in [3.05, 3.63) is 6.33 Å². The first-order valence-corrected chi connectivity index (χ1v) is 6.89. The van der Waals surface area contributed by atoms with E-state index in [1.807, 2.05) is 0 Å². The number of aliphatic hydroxyl groups is 3. The van der Waals surface area contributed by atoms with Crippen LogP contribution in [0.1, 0.15) is 6.23 Å². The van der Waals surface area contributed by atoms with Crippen LogP contribution in [0.2, 0.25) is 0 Å². The zero-order valence-corrected chi connectivity index (χ0v) is 12.2. The van der Waals surface area contributed by atoms with E-state index in [2.05, 4.69) is 15.0 Å². The van der Waals surface area contributed by atoms with Crippen LogP contribution < -0.4 is 10.5 Å². The van der Waals surface area contributed by atoms with Gasteiger partial charge in [-0.25, -0.2) is 9.78 Å². The molecule has 0 aromatic carbocycles. The summed E-state index contributed by atoms with van der Waals surface area (Å²) >= 11 is 0. The zero-order valence-electron chi connectivity index (χ0n) is 12.2. The number of aliphatic carboxylic acids is 1. The van der Waals surface area contributed by atoms with Gasteiger partial charge >= 0.3 is 12.0 Å². The quantitative estimate of drug-likeness (QED) is 0.386. The van der Waals surface area contributed by atoms with Crippen molar-refractivity contribution in [3.8, 4) is 6.01 Å². The first-order chi connectivity index (χ1) is 11.4. The molecule has 12 heteroatoms. The molecular formula is C12H15N5O7. The fraction of sp³-hybridized carbons (Fsp3) is 0.500. The summed E-state index contributed by atoms with van der Waals surface area (Å²) in [5.74, 6) is -1.26. The third-order valence-corrected chi connectivity index (χ3v) is 3.54. The SMILES string of the molecule is Nc1nc(OCC(=O)O)nc2c1ncn2C1OC(CO)C(O)C1O. The minimum Gasteiger partial charge on any atom is -0.479 e. The van der Waals surface area contributed by atoms with Crippen molar-refractivity contribution in [3.63, 3.8) is 0 Å². The third kappa shape index (κ3) is 2.71. The minimum absolute atomic E-state index is 0.0501. The number of imidazole rings is 1.